The molecule has 1 atom stereocenters. The minimum Gasteiger partial charge on any atom is -0.309 e. The summed E-state index contributed by atoms with van der Waals surface area (Å²) in [5, 5.41) is 4.83. The maximum atomic E-state index is 5.00. The summed E-state index contributed by atoms with van der Waals surface area (Å²) >= 11 is 0. The lowest BCUT2D eigenvalue weighted by molar-refractivity contribution is 0.738. The van der Waals surface area contributed by atoms with E-state index in [0.717, 1.165) is 56.9 Å². The first kappa shape index (κ1) is 32.9. The summed E-state index contributed by atoms with van der Waals surface area (Å²) in [6.45, 7) is 2.23. The number of rotatable bonds is 6. The Morgan fingerprint density at radius 3 is 1.81 bits per heavy atom. The van der Waals surface area contributed by atoms with Crippen LogP contribution in [0.25, 0.3) is 94.6 Å². The largest absolute Gasteiger partial charge is 0.309 e. The second kappa shape index (κ2) is 13.4. The normalized spacial score (nSPS) is 14.2. The lowest BCUT2D eigenvalue weighted by Gasteiger charge is -2.13. The molecule has 10 aromatic rings. The van der Waals surface area contributed by atoms with Crippen molar-refractivity contribution in [2.45, 2.75) is 13.3 Å². The van der Waals surface area contributed by atoms with Crippen molar-refractivity contribution in [3.63, 3.8) is 0 Å². The van der Waals surface area contributed by atoms with E-state index >= 15 is 0 Å². The zero-order valence-corrected chi connectivity index (χ0v) is 31.3. The van der Waals surface area contributed by atoms with E-state index in [1.54, 1.807) is 0 Å². The van der Waals surface area contributed by atoms with E-state index in [9.17, 15) is 0 Å². The molecule has 57 heavy (non-hydrogen) atoms. The molecule has 270 valence electrons. The molecule has 6 heteroatoms. The van der Waals surface area contributed by atoms with Gasteiger partial charge in [-0.3, -0.25) is 0 Å². The Labute approximate surface area is 329 Å². The molecule has 1 unspecified atom stereocenters. The minimum absolute atomic E-state index is 0.484. The van der Waals surface area contributed by atoms with Crippen molar-refractivity contribution in [2.75, 3.05) is 0 Å². The number of hydrogen-bond donors (Lipinski definition) is 0. The molecule has 0 amide bonds. The molecular weight excluding hydrogens is 697 g/mol. The summed E-state index contributed by atoms with van der Waals surface area (Å²) in [5.41, 5.74) is 12.7. The average Bonchev–Trinajstić information content (AvgIpc) is 3.79. The number of allylic oxidation sites excluding steroid dienone is 4. The molecule has 11 rings (SSSR count). The zero-order valence-electron chi connectivity index (χ0n) is 31.3. The van der Waals surface area contributed by atoms with Crippen LogP contribution >= 0.6 is 0 Å². The fourth-order valence-corrected chi connectivity index (χ4v) is 8.36. The van der Waals surface area contributed by atoms with Crippen LogP contribution in [-0.2, 0) is 0 Å². The molecule has 6 nitrogen and oxygen atoms in total. The van der Waals surface area contributed by atoms with E-state index in [4.69, 9.17) is 19.9 Å². The number of aromatic nitrogens is 6. The van der Waals surface area contributed by atoms with Crippen LogP contribution in [0, 0.1) is 5.92 Å². The smallest absolute Gasteiger partial charge is 0.198 e. The van der Waals surface area contributed by atoms with Gasteiger partial charge in [-0.05, 0) is 77.6 Å². The van der Waals surface area contributed by atoms with Crippen molar-refractivity contribution in [1.29, 1.82) is 0 Å². The van der Waals surface area contributed by atoms with Gasteiger partial charge in [-0.25, -0.2) is 19.9 Å². The molecule has 0 radical (unpaired) electrons. The van der Waals surface area contributed by atoms with Gasteiger partial charge in [-0.2, -0.15) is 0 Å². The summed E-state index contributed by atoms with van der Waals surface area (Å²) in [7, 11) is 0. The van der Waals surface area contributed by atoms with Gasteiger partial charge in [0, 0.05) is 32.8 Å². The van der Waals surface area contributed by atoms with E-state index in [-0.39, 0.29) is 0 Å². The monoisotopic (exact) mass is 732 g/mol. The van der Waals surface area contributed by atoms with Gasteiger partial charge >= 0.3 is 0 Å². The van der Waals surface area contributed by atoms with Crippen LogP contribution in [0.3, 0.4) is 0 Å². The Balaban J connectivity index is 1.01. The Kier molecular flexibility index (Phi) is 7.74. The number of hydrogen-bond acceptors (Lipinski definition) is 4. The molecule has 4 aromatic heterocycles. The highest BCUT2D eigenvalue weighted by Gasteiger charge is 2.18. The van der Waals surface area contributed by atoms with Crippen LogP contribution in [0.5, 0.6) is 0 Å². The number of para-hydroxylation sites is 3. The van der Waals surface area contributed by atoms with E-state index in [1.807, 2.05) is 30.6 Å². The number of nitrogens with zero attached hydrogens (tertiary/aromatic N) is 6. The van der Waals surface area contributed by atoms with E-state index in [2.05, 4.69) is 168 Å². The van der Waals surface area contributed by atoms with Gasteiger partial charge in [-0.1, -0.05) is 128 Å². The lowest BCUT2D eigenvalue weighted by Crippen LogP contribution is -2.03. The van der Waals surface area contributed by atoms with Crippen LogP contribution < -0.4 is 0 Å². The first-order valence-electron chi connectivity index (χ1n) is 19.4. The van der Waals surface area contributed by atoms with Gasteiger partial charge in [0.15, 0.2) is 11.6 Å². The van der Waals surface area contributed by atoms with Crippen LogP contribution in [0.15, 0.2) is 182 Å². The first-order valence-corrected chi connectivity index (χ1v) is 19.4. The highest BCUT2D eigenvalue weighted by molar-refractivity contribution is 6.12. The Morgan fingerprint density at radius 2 is 1.07 bits per heavy atom. The van der Waals surface area contributed by atoms with Gasteiger partial charge in [-0.15, -0.1) is 0 Å². The highest BCUT2D eigenvalue weighted by atomic mass is 15.0. The molecule has 6 aromatic carbocycles. The molecular formula is C51H36N6. The predicted octanol–water partition coefficient (Wildman–Crippen LogP) is 12.4. The fraction of sp³-hybridized carbons (Fsp3) is 0.0588. The second-order valence-electron chi connectivity index (χ2n) is 14.8. The summed E-state index contributed by atoms with van der Waals surface area (Å²) in [5.74, 6) is 1.49. The average molecular weight is 733 g/mol. The van der Waals surface area contributed by atoms with Gasteiger partial charge < -0.3 is 9.13 Å². The summed E-state index contributed by atoms with van der Waals surface area (Å²) < 4.78 is 4.62. The van der Waals surface area contributed by atoms with E-state index in [0.29, 0.717) is 17.6 Å². The van der Waals surface area contributed by atoms with Crippen molar-refractivity contribution in [1.82, 2.24) is 29.1 Å². The topological polar surface area (TPSA) is 61.4 Å². The zero-order chi connectivity index (χ0) is 37.9. The van der Waals surface area contributed by atoms with Crippen molar-refractivity contribution >= 4 is 49.2 Å². The molecule has 0 N–H and O–H groups in total. The standard InChI is InChI=1S/C51H36N6/c1-33-20-22-35(23-21-33)45-30-44(34-12-4-2-5-13-34)54-51(55-45)50-52-31-39(32-53-50)57-47-19-11-9-17-41(47)43-28-36(25-27-48(43)57)37-24-26-42-40-16-8-10-18-46(40)56(49(42)29-37)38-14-6-3-7-15-38/h2-20,22-33H,21H2,1H3. The third kappa shape index (κ3) is 5.64. The first-order chi connectivity index (χ1) is 28.2. The summed E-state index contributed by atoms with van der Waals surface area (Å²) in [4.78, 5) is 19.8. The van der Waals surface area contributed by atoms with Crippen molar-refractivity contribution in [3.8, 4) is 45.4 Å². The Morgan fingerprint density at radius 1 is 0.474 bits per heavy atom. The van der Waals surface area contributed by atoms with Gasteiger partial charge in [0.25, 0.3) is 0 Å². The Bertz CT molecular complexity index is 3210. The van der Waals surface area contributed by atoms with Crippen LogP contribution in [0.2, 0.25) is 0 Å². The van der Waals surface area contributed by atoms with Crippen molar-refractivity contribution in [2.24, 2.45) is 5.92 Å². The fourth-order valence-electron chi connectivity index (χ4n) is 8.36. The SMILES string of the molecule is CC1C=CC(c2cc(-c3ccccc3)nc(-c3ncc(-n4c5ccccc5c5cc(-c6ccc7c8ccccc8n(-c8ccccc8)c7c6)ccc54)cn3)n2)=CC1. The van der Waals surface area contributed by atoms with Gasteiger partial charge in [0.1, 0.15) is 0 Å². The maximum absolute atomic E-state index is 5.00. The quantitative estimate of drug-likeness (QED) is 0.171. The van der Waals surface area contributed by atoms with Gasteiger partial charge in [0.05, 0.1) is 51.5 Å². The van der Waals surface area contributed by atoms with E-state index in [1.165, 1.54) is 38.1 Å². The third-order valence-corrected chi connectivity index (χ3v) is 11.2. The molecule has 4 heterocycles. The van der Waals surface area contributed by atoms with Crippen LogP contribution in [0.1, 0.15) is 19.0 Å². The molecule has 1 aliphatic rings. The molecule has 0 bridgehead atoms. The lowest BCUT2D eigenvalue weighted by atomic mass is 9.96. The maximum Gasteiger partial charge on any atom is 0.198 e. The third-order valence-electron chi connectivity index (χ3n) is 11.2. The summed E-state index contributed by atoms with van der Waals surface area (Å²) in [6.07, 6.45) is 11.4. The molecule has 0 saturated heterocycles. The molecule has 0 fully saturated rings. The summed E-state index contributed by atoms with van der Waals surface area (Å²) in [6, 6.07) is 53.7. The molecule has 1 aliphatic carbocycles. The highest BCUT2D eigenvalue weighted by Crippen LogP contribution is 2.38. The molecule has 0 saturated carbocycles. The minimum atomic E-state index is 0.484. The predicted molar refractivity (Wildman–Crippen MR) is 234 cm³/mol. The van der Waals surface area contributed by atoms with Crippen molar-refractivity contribution in [3.05, 3.63) is 188 Å². The van der Waals surface area contributed by atoms with Crippen LogP contribution in [-0.4, -0.2) is 29.1 Å². The number of benzene rings is 6. The van der Waals surface area contributed by atoms with Crippen molar-refractivity contribution < 1.29 is 0 Å². The van der Waals surface area contributed by atoms with Gasteiger partial charge in [0.2, 0.25) is 0 Å². The van der Waals surface area contributed by atoms with Crippen LogP contribution in [0.4, 0.5) is 0 Å². The second-order valence-corrected chi connectivity index (χ2v) is 14.8. The Hall–Kier alpha value is -7.44. The van der Waals surface area contributed by atoms with E-state index < -0.39 is 0 Å². The molecule has 0 aliphatic heterocycles. The number of fused-ring (bicyclic) bond motifs is 6. The molecule has 0 spiro atoms.